The van der Waals surface area contributed by atoms with Crippen molar-refractivity contribution in [2.24, 2.45) is 0 Å². The summed E-state index contributed by atoms with van der Waals surface area (Å²) < 4.78 is 6.42. The molecule has 8 heteroatoms. The van der Waals surface area contributed by atoms with Gasteiger partial charge in [0, 0.05) is 76.0 Å². The van der Waals surface area contributed by atoms with Gasteiger partial charge < -0.3 is 19.9 Å². The highest BCUT2D eigenvalue weighted by atomic mass is 16.5. The number of morpholine rings is 1. The molecule has 0 unspecified atom stereocenters. The van der Waals surface area contributed by atoms with Gasteiger partial charge in [-0.1, -0.05) is 6.07 Å². The number of fused-ring (bicyclic) bond motifs is 2. The van der Waals surface area contributed by atoms with Crippen molar-refractivity contribution in [2.45, 2.75) is 50.6 Å². The average Bonchev–Trinajstić information content (AvgIpc) is 3.52. The number of benzene rings is 2. The number of nitrogens with one attached hydrogen (secondary N) is 1. The second-order valence-electron chi connectivity index (χ2n) is 11.2. The minimum absolute atomic E-state index is 0.0998. The number of ether oxygens (including phenoxy) is 1. The highest BCUT2D eigenvalue weighted by molar-refractivity contribution is 5.92. The van der Waals surface area contributed by atoms with Gasteiger partial charge in [-0.25, -0.2) is 0 Å². The fraction of sp³-hybridized carbons (Fsp3) is 0.483. The van der Waals surface area contributed by atoms with Crippen LogP contribution in [0.1, 0.15) is 36.5 Å². The number of hydrogen-bond donors (Lipinski definition) is 1. The second-order valence-corrected chi connectivity index (χ2v) is 11.2. The Bertz CT molecular complexity index is 1380. The van der Waals surface area contributed by atoms with Crippen molar-refractivity contribution in [3.63, 3.8) is 0 Å². The van der Waals surface area contributed by atoms with E-state index in [0.29, 0.717) is 16.6 Å². The van der Waals surface area contributed by atoms with Crippen molar-refractivity contribution in [3.8, 4) is 6.07 Å². The van der Waals surface area contributed by atoms with Crippen LogP contribution in [-0.2, 0) is 17.8 Å². The molecular formula is C29H33N7O. The maximum atomic E-state index is 9.51. The third-order valence-electron chi connectivity index (χ3n) is 8.42. The van der Waals surface area contributed by atoms with Crippen LogP contribution in [0.3, 0.4) is 0 Å². The molecule has 4 heterocycles. The zero-order chi connectivity index (χ0) is 25.0. The molecule has 4 aliphatic rings. The number of anilines is 2. The zero-order valence-electron chi connectivity index (χ0n) is 21.4. The van der Waals surface area contributed by atoms with Gasteiger partial charge in [0.15, 0.2) is 0 Å². The molecule has 0 bridgehead atoms. The fourth-order valence-electron chi connectivity index (χ4n) is 6.46. The molecule has 8 nitrogen and oxygen atoms in total. The number of piperazine rings is 1. The summed E-state index contributed by atoms with van der Waals surface area (Å²) in [6.45, 7) is 9.86. The molecule has 2 saturated heterocycles. The van der Waals surface area contributed by atoms with Gasteiger partial charge in [-0.15, -0.1) is 0 Å². The Hall–Kier alpha value is -3.25. The Balaban J connectivity index is 1.05. The van der Waals surface area contributed by atoms with Crippen LogP contribution >= 0.6 is 0 Å². The van der Waals surface area contributed by atoms with Crippen LogP contribution in [0.4, 0.5) is 11.4 Å². The van der Waals surface area contributed by atoms with Crippen molar-refractivity contribution in [1.29, 1.82) is 5.26 Å². The Morgan fingerprint density at radius 2 is 1.89 bits per heavy atom. The molecule has 2 aromatic carbocycles. The lowest BCUT2D eigenvalue weighted by atomic mass is 10.1. The first kappa shape index (κ1) is 22.9. The molecule has 1 aromatic heterocycles. The van der Waals surface area contributed by atoms with Gasteiger partial charge in [0.2, 0.25) is 0 Å². The maximum absolute atomic E-state index is 9.51. The zero-order valence-corrected chi connectivity index (χ0v) is 21.4. The minimum atomic E-state index is 0.0998. The van der Waals surface area contributed by atoms with E-state index in [1.807, 2.05) is 12.1 Å². The van der Waals surface area contributed by atoms with Crippen LogP contribution in [0, 0.1) is 11.3 Å². The fourth-order valence-corrected chi connectivity index (χ4v) is 6.46. The molecule has 0 amide bonds. The monoisotopic (exact) mass is 495 g/mol. The van der Waals surface area contributed by atoms with Crippen LogP contribution in [-0.4, -0.2) is 71.9 Å². The van der Waals surface area contributed by atoms with E-state index in [9.17, 15) is 5.26 Å². The van der Waals surface area contributed by atoms with Crippen molar-refractivity contribution in [3.05, 3.63) is 59.4 Å². The molecule has 3 fully saturated rings. The van der Waals surface area contributed by atoms with Crippen molar-refractivity contribution in [1.82, 2.24) is 20.2 Å². The number of nitriles is 1. The van der Waals surface area contributed by atoms with Gasteiger partial charge in [0.25, 0.3) is 0 Å². The molecule has 7 rings (SSSR count). The molecule has 1 aliphatic carbocycles. The third-order valence-corrected chi connectivity index (χ3v) is 8.42. The van der Waals surface area contributed by atoms with Crippen molar-refractivity contribution in [2.75, 3.05) is 49.1 Å². The second kappa shape index (κ2) is 8.95. The standard InChI is InChI=1S/C29H33N7O/c1-20-14-36(26-5-3-21(13-30)27-28(26)32-9-8-31-27)18-25(37-20)17-34-15-22-2-4-24(12-23(22)16-34)35-11-10-33-29(19-35)6-7-29/h2-5,8-9,12,20,25,33H,6-7,10-11,14-19H2,1H3/t20-,25+/m1/s1. The number of hydrogen-bond acceptors (Lipinski definition) is 8. The van der Waals surface area contributed by atoms with Gasteiger partial charge >= 0.3 is 0 Å². The van der Waals surface area contributed by atoms with Gasteiger partial charge in [0.05, 0.1) is 23.5 Å². The molecule has 37 heavy (non-hydrogen) atoms. The van der Waals surface area contributed by atoms with Gasteiger partial charge in [0.1, 0.15) is 17.1 Å². The van der Waals surface area contributed by atoms with E-state index in [-0.39, 0.29) is 12.2 Å². The van der Waals surface area contributed by atoms with Crippen LogP contribution in [0.2, 0.25) is 0 Å². The normalized spacial score (nSPS) is 24.9. The Morgan fingerprint density at radius 1 is 1.05 bits per heavy atom. The summed E-state index contributed by atoms with van der Waals surface area (Å²) in [6, 6.07) is 13.2. The molecule has 2 atom stereocenters. The summed E-state index contributed by atoms with van der Waals surface area (Å²) in [4.78, 5) is 16.5. The summed E-state index contributed by atoms with van der Waals surface area (Å²) in [5.41, 5.74) is 7.70. The topological polar surface area (TPSA) is 80.6 Å². The number of nitrogens with zero attached hydrogens (tertiary/aromatic N) is 6. The lowest BCUT2D eigenvalue weighted by Crippen LogP contribution is -2.52. The lowest BCUT2D eigenvalue weighted by molar-refractivity contribution is -0.0329. The van der Waals surface area contributed by atoms with Crippen molar-refractivity contribution >= 4 is 22.4 Å². The van der Waals surface area contributed by atoms with E-state index < -0.39 is 0 Å². The van der Waals surface area contributed by atoms with E-state index in [4.69, 9.17) is 4.74 Å². The molecule has 1 spiro atoms. The quantitative estimate of drug-likeness (QED) is 0.592. The number of rotatable bonds is 4. The molecule has 1 saturated carbocycles. The SMILES string of the molecule is C[C@@H]1CN(c2ccc(C#N)c3nccnc23)C[C@H](CN2Cc3ccc(N4CCNC5(CC5)C4)cc3C2)O1. The maximum Gasteiger partial charge on any atom is 0.113 e. The Labute approximate surface area is 217 Å². The molecule has 3 aliphatic heterocycles. The summed E-state index contributed by atoms with van der Waals surface area (Å²) in [5.74, 6) is 0. The predicted octanol–water partition coefficient (Wildman–Crippen LogP) is 3.05. The Morgan fingerprint density at radius 3 is 2.73 bits per heavy atom. The minimum Gasteiger partial charge on any atom is -0.370 e. The van der Waals surface area contributed by atoms with Crippen LogP contribution in [0.15, 0.2) is 42.7 Å². The highest BCUT2D eigenvalue weighted by Crippen LogP contribution is 2.39. The highest BCUT2D eigenvalue weighted by Gasteiger charge is 2.45. The van der Waals surface area contributed by atoms with E-state index in [2.05, 4.69) is 61.2 Å². The summed E-state index contributed by atoms with van der Waals surface area (Å²) in [6.07, 6.45) is 6.19. The van der Waals surface area contributed by atoms with Crippen LogP contribution in [0.25, 0.3) is 11.0 Å². The summed E-state index contributed by atoms with van der Waals surface area (Å²) >= 11 is 0. The third kappa shape index (κ3) is 4.31. The van der Waals surface area contributed by atoms with Crippen LogP contribution in [0.5, 0.6) is 0 Å². The molecule has 3 aromatic rings. The molecule has 190 valence electrons. The number of aromatic nitrogens is 2. The summed E-state index contributed by atoms with van der Waals surface area (Å²) in [5, 5.41) is 13.2. The van der Waals surface area contributed by atoms with E-state index in [0.717, 1.165) is 63.6 Å². The van der Waals surface area contributed by atoms with Gasteiger partial charge in [-0.2, -0.15) is 5.26 Å². The molecular weight excluding hydrogens is 462 g/mol. The van der Waals surface area contributed by atoms with Crippen LogP contribution < -0.4 is 15.1 Å². The first-order valence-electron chi connectivity index (χ1n) is 13.5. The smallest absolute Gasteiger partial charge is 0.113 e. The van der Waals surface area contributed by atoms with Gasteiger partial charge in [-0.05, 0) is 55.2 Å². The average molecular weight is 496 g/mol. The van der Waals surface area contributed by atoms with E-state index in [1.54, 1.807) is 12.4 Å². The van der Waals surface area contributed by atoms with Gasteiger partial charge in [-0.3, -0.25) is 14.9 Å². The molecule has 0 radical (unpaired) electrons. The lowest BCUT2D eigenvalue weighted by Gasteiger charge is -2.39. The van der Waals surface area contributed by atoms with Crippen molar-refractivity contribution < 1.29 is 4.74 Å². The largest absolute Gasteiger partial charge is 0.370 e. The first-order chi connectivity index (χ1) is 18.1. The predicted molar refractivity (Wildman–Crippen MR) is 144 cm³/mol. The van der Waals surface area contributed by atoms with E-state index >= 15 is 0 Å². The molecule has 1 N–H and O–H groups in total. The summed E-state index contributed by atoms with van der Waals surface area (Å²) in [7, 11) is 0. The first-order valence-corrected chi connectivity index (χ1v) is 13.5. The van der Waals surface area contributed by atoms with E-state index in [1.165, 1.54) is 29.7 Å². The Kier molecular flexibility index (Phi) is 5.54.